The monoisotopic (exact) mass is 176 g/mol. The SMILES string of the molecule is CC[N+]1=C(OC)c2ccccc2C1. The average Bonchev–Trinajstić information content (AvgIpc) is 2.55. The first kappa shape index (κ1) is 8.30. The Morgan fingerprint density at radius 1 is 1.38 bits per heavy atom. The summed E-state index contributed by atoms with van der Waals surface area (Å²) in [6.45, 7) is 4.12. The van der Waals surface area contributed by atoms with E-state index in [2.05, 4.69) is 35.8 Å². The maximum Gasteiger partial charge on any atom is 0.370 e. The Bertz CT molecular complexity index is 355. The fraction of sp³-hybridized carbons (Fsp3) is 0.364. The number of fused-ring (bicyclic) bond motifs is 1. The van der Waals surface area contributed by atoms with E-state index in [4.69, 9.17) is 4.74 Å². The lowest BCUT2D eigenvalue weighted by Gasteiger charge is -1.97. The van der Waals surface area contributed by atoms with Crippen molar-refractivity contribution in [2.24, 2.45) is 0 Å². The molecule has 0 atom stereocenters. The highest BCUT2D eigenvalue weighted by Crippen LogP contribution is 2.18. The minimum Gasteiger partial charge on any atom is -0.448 e. The van der Waals surface area contributed by atoms with Gasteiger partial charge in [-0.25, -0.2) is 0 Å². The summed E-state index contributed by atoms with van der Waals surface area (Å²) in [4.78, 5) is 0. The summed E-state index contributed by atoms with van der Waals surface area (Å²) >= 11 is 0. The van der Waals surface area contributed by atoms with E-state index in [0.29, 0.717) is 0 Å². The van der Waals surface area contributed by atoms with Crippen LogP contribution >= 0.6 is 0 Å². The largest absolute Gasteiger partial charge is 0.448 e. The summed E-state index contributed by atoms with van der Waals surface area (Å²) in [5.41, 5.74) is 2.60. The zero-order valence-corrected chi connectivity index (χ0v) is 8.08. The van der Waals surface area contributed by atoms with Crippen LogP contribution in [0.25, 0.3) is 0 Å². The Balaban J connectivity index is 2.48. The summed E-state index contributed by atoms with van der Waals surface area (Å²) in [5, 5.41) is 0. The first-order chi connectivity index (χ1) is 6.36. The fourth-order valence-electron chi connectivity index (χ4n) is 1.81. The predicted molar refractivity (Wildman–Crippen MR) is 52.1 cm³/mol. The molecule has 0 radical (unpaired) electrons. The number of hydrogen-bond acceptors (Lipinski definition) is 1. The van der Waals surface area contributed by atoms with Gasteiger partial charge in [-0.15, -0.1) is 0 Å². The van der Waals surface area contributed by atoms with Crippen LogP contribution in [0.3, 0.4) is 0 Å². The molecular weight excluding hydrogens is 162 g/mol. The molecule has 0 unspecified atom stereocenters. The van der Waals surface area contributed by atoms with E-state index in [1.165, 1.54) is 11.1 Å². The quantitative estimate of drug-likeness (QED) is 0.592. The highest BCUT2D eigenvalue weighted by molar-refractivity contribution is 5.93. The molecule has 1 aromatic rings. The number of benzene rings is 1. The molecule has 1 heterocycles. The van der Waals surface area contributed by atoms with E-state index in [0.717, 1.165) is 19.0 Å². The Morgan fingerprint density at radius 2 is 2.15 bits per heavy atom. The fourth-order valence-corrected chi connectivity index (χ4v) is 1.81. The van der Waals surface area contributed by atoms with Gasteiger partial charge in [0.25, 0.3) is 0 Å². The van der Waals surface area contributed by atoms with E-state index in [1.807, 2.05) is 0 Å². The smallest absolute Gasteiger partial charge is 0.370 e. The standard InChI is InChI=1S/C11H14NO/c1-3-12-8-9-6-4-5-7-10(9)11(12)13-2/h4-7H,3,8H2,1-2H3/q+1. The van der Waals surface area contributed by atoms with Crippen LogP contribution in [0.1, 0.15) is 18.1 Å². The van der Waals surface area contributed by atoms with Gasteiger partial charge in [-0.3, -0.25) is 0 Å². The van der Waals surface area contributed by atoms with Crippen molar-refractivity contribution in [1.82, 2.24) is 0 Å². The zero-order valence-electron chi connectivity index (χ0n) is 8.08. The molecule has 0 saturated carbocycles. The Morgan fingerprint density at radius 3 is 2.85 bits per heavy atom. The van der Waals surface area contributed by atoms with Gasteiger partial charge in [-0.2, -0.15) is 4.58 Å². The van der Waals surface area contributed by atoms with Crippen molar-refractivity contribution in [3.63, 3.8) is 0 Å². The second-order valence-electron chi connectivity index (χ2n) is 3.18. The van der Waals surface area contributed by atoms with Crippen LogP contribution in [0, 0.1) is 0 Å². The van der Waals surface area contributed by atoms with Gasteiger partial charge >= 0.3 is 5.90 Å². The second-order valence-corrected chi connectivity index (χ2v) is 3.18. The van der Waals surface area contributed by atoms with Crippen molar-refractivity contribution < 1.29 is 9.31 Å². The minimum absolute atomic E-state index is 0.982. The van der Waals surface area contributed by atoms with Crippen LogP contribution in [-0.4, -0.2) is 24.1 Å². The molecule has 0 spiro atoms. The summed E-state index contributed by atoms with van der Waals surface area (Å²) in [7, 11) is 1.74. The van der Waals surface area contributed by atoms with E-state index in [1.54, 1.807) is 7.11 Å². The molecule has 68 valence electrons. The van der Waals surface area contributed by atoms with Gasteiger partial charge in [0.1, 0.15) is 6.54 Å². The van der Waals surface area contributed by atoms with Crippen LogP contribution in [0.5, 0.6) is 0 Å². The first-order valence-electron chi connectivity index (χ1n) is 4.61. The molecule has 2 heteroatoms. The zero-order chi connectivity index (χ0) is 9.26. The minimum atomic E-state index is 0.982. The topological polar surface area (TPSA) is 12.2 Å². The molecule has 0 fully saturated rings. The van der Waals surface area contributed by atoms with Gasteiger partial charge in [-0.1, -0.05) is 18.2 Å². The van der Waals surface area contributed by atoms with Crippen molar-refractivity contribution in [1.29, 1.82) is 0 Å². The molecule has 0 bridgehead atoms. The number of methoxy groups -OCH3 is 1. The van der Waals surface area contributed by atoms with Crippen LogP contribution in [0.4, 0.5) is 0 Å². The van der Waals surface area contributed by atoms with Gasteiger partial charge in [0.05, 0.1) is 12.7 Å². The lowest BCUT2D eigenvalue weighted by atomic mass is 10.1. The van der Waals surface area contributed by atoms with Gasteiger partial charge in [0.2, 0.25) is 0 Å². The van der Waals surface area contributed by atoms with Gasteiger partial charge in [0, 0.05) is 5.56 Å². The van der Waals surface area contributed by atoms with Gasteiger partial charge in [-0.05, 0) is 13.0 Å². The van der Waals surface area contributed by atoms with Crippen LogP contribution in [0.2, 0.25) is 0 Å². The third-order valence-corrected chi connectivity index (χ3v) is 2.47. The van der Waals surface area contributed by atoms with Crippen molar-refractivity contribution in [2.45, 2.75) is 13.5 Å². The molecule has 1 aliphatic rings. The Kier molecular flexibility index (Phi) is 2.05. The third-order valence-electron chi connectivity index (χ3n) is 2.47. The molecule has 2 rings (SSSR count). The van der Waals surface area contributed by atoms with E-state index < -0.39 is 0 Å². The van der Waals surface area contributed by atoms with Crippen molar-refractivity contribution in [3.8, 4) is 0 Å². The molecule has 0 aliphatic carbocycles. The molecule has 1 aliphatic heterocycles. The maximum atomic E-state index is 5.38. The average molecular weight is 176 g/mol. The molecular formula is C11H14NO+. The number of ether oxygens (including phenoxy) is 1. The number of rotatable bonds is 1. The maximum absolute atomic E-state index is 5.38. The van der Waals surface area contributed by atoms with Crippen LogP contribution < -0.4 is 0 Å². The summed E-state index contributed by atoms with van der Waals surface area (Å²) < 4.78 is 7.62. The number of nitrogens with zero attached hydrogens (tertiary/aromatic N) is 1. The molecule has 0 N–H and O–H groups in total. The second kappa shape index (κ2) is 3.21. The van der Waals surface area contributed by atoms with Gasteiger partial charge < -0.3 is 4.74 Å². The highest BCUT2D eigenvalue weighted by Gasteiger charge is 2.28. The lowest BCUT2D eigenvalue weighted by Crippen LogP contribution is -2.16. The Labute approximate surface area is 78.5 Å². The molecule has 0 aromatic heterocycles. The summed E-state index contributed by atoms with van der Waals surface area (Å²) in [5.74, 6) is 1.01. The van der Waals surface area contributed by atoms with Crippen molar-refractivity contribution in [3.05, 3.63) is 35.4 Å². The molecule has 1 aromatic carbocycles. The van der Waals surface area contributed by atoms with Crippen LogP contribution in [0.15, 0.2) is 24.3 Å². The van der Waals surface area contributed by atoms with Crippen LogP contribution in [-0.2, 0) is 11.3 Å². The predicted octanol–water partition coefficient (Wildman–Crippen LogP) is 1.63. The summed E-state index contributed by atoms with van der Waals surface area (Å²) in [6, 6.07) is 8.40. The first-order valence-corrected chi connectivity index (χ1v) is 4.61. The molecule has 0 amide bonds. The van der Waals surface area contributed by atoms with E-state index in [-0.39, 0.29) is 0 Å². The van der Waals surface area contributed by atoms with Gasteiger partial charge in [0.15, 0.2) is 6.54 Å². The molecule has 0 saturated heterocycles. The third kappa shape index (κ3) is 1.22. The molecule has 13 heavy (non-hydrogen) atoms. The highest BCUT2D eigenvalue weighted by atomic mass is 16.5. The molecule has 2 nitrogen and oxygen atoms in total. The van der Waals surface area contributed by atoms with E-state index >= 15 is 0 Å². The normalized spacial score (nSPS) is 14.6. The lowest BCUT2D eigenvalue weighted by molar-refractivity contribution is -0.542. The number of hydrogen-bond donors (Lipinski definition) is 0. The van der Waals surface area contributed by atoms with Crippen molar-refractivity contribution >= 4 is 5.90 Å². The Hall–Kier alpha value is -1.31. The van der Waals surface area contributed by atoms with Crippen molar-refractivity contribution in [2.75, 3.05) is 13.7 Å². The van der Waals surface area contributed by atoms with E-state index in [9.17, 15) is 0 Å². The summed E-state index contributed by atoms with van der Waals surface area (Å²) in [6.07, 6.45) is 0.